The van der Waals surface area contributed by atoms with Gasteiger partial charge in [0.05, 0.1) is 3.79 Å². The van der Waals surface area contributed by atoms with E-state index in [1.165, 1.54) is 16.9 Å². The van der Waals surface area contributed by atoms with Crippen LogP contribution in [-0.4, -0.2) is 8.42 Å². The topological polar surface area (TPSA) is 46.2 Å². The summed E-state index contributed by atoms with van der Waals surface area (Å²) >= 11 is 4.48. The van der Waals surface area contributed by atoms with Crippen LogP contribution < -0.4 is 4.72 Å². The van der Waals surface area contributed by atoms with Gasteiger partial charge in [0.2, 0.25) is 10.0 Å². The first-order valence-corrected chi connectivity index (χ1v) is 9.62. The Morgan fingerprint density at radius 2 is 1.71 bits per heavy atom. The van der Waals surface area contributed by atoms with E-state index in [0.29, 0.717) is 10.8 Å². The van der Waals surface area contributed by atoms with Crippen LogP contribution in [0.15, 0.2) is 44.4 Å². The van der Waals surface area contributed by atoms with Crippen molar-refractivity contribution in [1.82, 2.24) is 4.72 Å². The molecule has 3 nitrogen and oxygen atoms in total. The van der Waals surface area contributed by atoms with Crippen LogP contribution in [-0.2, 0) is 22.0 Å². The van der Waals surface area contributed by atoms with Gasteiger partial charge in [0, 0.05) is 6.54 Å². The molecular weight excluding hydrogens is 370 g/mol. The Balaban J connectivity index is 2.06. The summed E-state index contributed by atoms with van der Waals surface area (Å²) in [6.07, 6.45) is 0. The van der Waals surface area contributed by atoms with E-state index in [0.717, 1.165) is 9.35 Å². The Morgan fingerprint density at radius 1 is 1.10 bits per heavy atom. The van der Waals surface area contributed by atoms with Gasteiger partial charge in [0.15, 0.2) is 0 Å². The molecule has 0 aliphatic carbocycles. The van der Waals surface area contributed by atoms with E-state index in [-0.39, 0.29) is 5.41 Å². The highest BCUT2D eigenvalue weighted by atomic mass is 79.9. The summed E-state index contributed by atoms with van der Waals surface area (Å²) in [6.45, 7) is 6.75. The lowest BCUT2D eigenvalue weighted by atomic mass is 9.87. The maximum atomic E-state index is 12.1. The normalized spacial score (nSPS) is 12.6. The molecule has 0 unspecified atom stereocenters. The molecule has 2 rings (SSSR count). The number of nitrogens with one attached hydrogen (secondary N) is 1. The molecule has 1 N–H and O–H groups in total. The van der Waals surface area contributed by atoms with E-state index < -0.39 is 10.0 Å². The number of benzene rings is 1. The Kier molecular flexibility index (Phi) is 4.92. The summed E-state index contributed by atoms with van der Waals surface area (Å²) in [6, 6.07) is 11.4. The van der Waals surface area contributed by atoms with Crippen molar-refractivity contribution in [3.05, 3.63) is 51.3 Å². The smallest absolute Gasteiger partial charge is 0.206 e. The summed E-state index contributed by atoms with van der Waals surface area (Å²) < 4.78 is 28.0. The number of rotatable bonds is 4. The summed E-state index contributed by atoms with van der Waals surface area (Å²) in [5, 5.41) is 0. The Bertz CT molecular complexity index is 713. The number of thiophene rings is 1. The molecule has 0 aliphatic rings. The summed E-state index contributed by atoms with van der Waals surface area (Å²) in [5.41, 5.74) is 2.28. The minimum atomic E-state index is -3.44. The molecule has 1 aromatic heterocycles. The maximum absolute atomic E-state index is 12.1. The molecule has 0 saturated carbocycles. The lowest BCUT2D eigenvalue weighted by molar-refractivity contribution is 0.582. The van der Waals surface area contributed by atoms with Gasteiger partial charge in [-0.05, 0) is 44.6 Å². The highest BCUT2D eigenvalue weighted by molar-refractivity contribution is 9.11. The third kappa shape index (κ3) is 4.39. The minimum absolute atomic E-state index is 0.0985. The number of hydrogen-bond acceptors (Lipinski definition) is 3. The molecule has 21 heavy (non-hydrogen) atoms. The standard InChI is InChI=1S/C15H18BrNO2S2/c1-15(2,3)12-6-4-11(5-7-12)10-17-21(18,19)14-9-8-13(16)20-14/h4-9,17H,10H2,1-3H3. The zero-order valence-electron chi connectivity index (χ0n) is 12.2. The second-order valence-corrected chi connectivity index (χ2v) is 10.3. The molecule has 1 aromatic carbocycles. The third-order valence-electron chi connectivity index (χ3n) is 3.10. The molecule has 1 heterocycles. The number of hydrogen-bond donors (Lipinski definition) is 1. The molecule has 6 heteroatoms. The van der Waals surface area contributed by atoms with E-state index in [9.17, 15) is 8.42 Å². The minimum Gasteiger partial charge on any atom is -0.206 e. The van der Waals surface area contributed by atoms with Gasteiger partial charge in [-0.3, -0.25) is 0 Å². The van der Waals surface area contributed by atoms with Crippen LogP contribution in [0.1, 0.15) is 31.9 Å². The summed E-state index contributed by atoms with van der Waals surface area (Å²) in [7, 11) is -3.44. The van der Waals surface area contributed by atoms with Gasteiger partial charge >= 0.3 is 0 Å². The third-order valence-corrected chi connectivity index (χ3v) is 6.62. The van der Waals surface area contributed by atoms with Crippen LogP contribution in [0.25, 0.3) is 0 Å². The van der Waals surface area contributed by atoms with E-state index >= 15 is 0 Å². The van der Waals surface area contributed by atoms with E-state index in [1.807, 2.05) is 24.3 Å². The maximum Gasteiger partial charge on any atom is 0.250 e. The van der Waals surface area contributed by atoms with Crippen LogP contribution in [0, 0.1) is 0 Å². The van der Waals surface area contributed by atoms with Crippen LogP contribution in [0.4, 0.5) is 0 Å². The first-order chi connectivity index (χ1) is 9.68. The predicted molar refractivity (Wildman–Crippen MR) is 91.2 cm³/mol. The fourth-order valence-electron chi connectivity index (χ4n) is 1.81. The first kappa shape index (κ1) is 16.7. The Hall–Kier alpha value is -0.690. The zero-order chi connectivity index (χ0) is 15.7. The van der Waals surface area contributed by atoms with E-state index in [1.54, 1.807) is 12.1 Å². The van der Waals surface area contributed by atoms with Crippen molar-refractivity contribution in [3.63, 3.8) is 0 Å². The van der Waals surface area contributed by atoms with E-state index in [2.05, 4.69) is 41.4 Å². The monoisotopic (exact) mass is 387 g/mol. The molecule has 0 saturated heterocycles. The van der Waals surface area contributed by atoms with E-state index in [4.69, 9.17) is 0 Å². The fourth-order valence-corrected chi connectivity index (χ4v) is 4.89. The molecule has 0 atom stereocenters. The van der Waals surface area contributed by atoms with Gasteiger partial charge in [-0.2, -0.15) is 0 Å². The molecule has 0 spiro atoms. The lowest BCUT2D eigenvalue weighted by Crippen LogP contribution is -2.22. The zero-order valence-corrected chi connectivity index (χ0v) is 15.4. The van der Waals surface area contributed by atoms with Crippen LogP contribution in [0.2, 0.25) is 0 Å². The predicted octanol–water partition coefficient (Wildman–Crippen LogP) is 4.29. The van der Waals surface area contributed by atoms with Crippen LogP contribution >= 0.6 is 27.3 Å². The molecule has 0 radical (unpaired) electrons. The SMILES string of the molecule is CC(C)(C)c1ccc(CNS(=O)(=O)c2ccc(Br)s2)cc1. The molecular formula is C15H18BrNO2S2. The summed E-state index contributed by atoms with van der Waals surface area (Å²) in [5.74, 6) is 0. The largest absolute Gasteiger partial charge is 0.250 e. The van der Waals surface area contributed by atoms with Crippen LogP contribution in [0.5, 0.6) is 0 Å². The van der Waals surface area contributed by atoms with Crippen molar-refractivity contribution in [3.8, 4) is 0 Å². The first-order valence-electron chi connectivity index (χ1n) is 6.53. The molecule has 0 aliphatic heterocycles. The Morgan fingerprint density at radius 3 is 2.19 bits per heavy atom. The molecule has 0 fully saturated rings. The van der Waals surface area contributed by atoms with Crippen molar-refractivity contribution in [2.75, 3.05) is 0 Å². The van der Waals surface area contributed by atoms with Crippen molar-refractivity contribution in [1.29, 1.82) is 0 Å². The second kappa shape index (κ2) is 6.20. The Labute approximate surface area is 138 Å². The average Bonchev–Trinajstić information content (AvgIpc) is 2.83. The van der Waals surface area contributed by atoms with Crippen molar-refractivity contribution >= 4 is 37.3 Å². The van der Waals surface area contributed by atoms with Gasteiger partial charge < -0.3 is 0 Å². The second-order valence-electron chi connectivity index (χ2n) is 5.83. The number of sulfonamides is 1. The van der Waals surface area contributed by atoms with Gasteiger partial charge in [-0.1, -0.05) is 45.0 Å². The number of halogens is 1. The van der Waals surface area contributed by atoms with Crippen molar-refractivity contribution in [2.24, 2.45) is 0 Å². The molecule has 0 bridgehead atoms. The van der Waals surface area contributed by atoms with Crippen LogP contribution in [0.3, 0.4) is 0 Å². The lowest BCUT2D eigenvalue weighted by Gasteiger charge is -2.19. The van der Waals surface area contributed by atoms with Crippen molar-refractivity contribution in [2.45, 2.75) is 36.9 Å². The highest BCUT2D eigenvalue weighted by Gasteiger charge is 2.16. The van der Waals surface area contributed by atoms with Gasteiger partial charge in [0.1, 0.15) is 4.21 Å². The molecule has 114 valence electrons. The summed E-state index contributed by atoms with van der Waals surface area (Å²) in [4.78, 5) is 0. The highest BCUT2D eigenvalue weighted by Crippen LogP contribution is 2.26. The van der Waals surface area contributed by atoms with Gasteiger partial charge in [0.25, 0.3) is 0 Å². The van der Waals surface area contributed by atoms with Gasteiger partial charge in [-0.15, -0.1) is 11.3 Å². The van der Waals surface area contributed by atoms with Crippen molar-refractivity contribution < 1.29 is 8.42 Å². The quantitative estimate of drug-likeness (QED) is 0.850. The fraction of sp³-hybridized carbons (Fsp3) is 0.333. The average molecular weight is 388 g/mol. The molecule has 2 aromatic rings. The molecule has 0 amide bonds. The van der Waals surface area contributed by atoms with Gasteiger partial charge in [-0.25, -0.2) is 13.1 Å².